The second kappa shape index (κ2) is 3.74. The van der Waals surface area contributed by atoms with Crippen LogP contribution >= 0.6 is 0 Å². The van der Waals surface area contributed by atoms with Gasteiger partial charge in [-0.05, 0) is 43.0 Å². The van der Waals surface area contributed by atoms with Crippen LogP contribution in [0.5, 0.6) is 5.75 Å². The average Bonchev–Trinajstić information content (AvgIpc) is 2.26. The summed E-state index contributed by atoms with van der Waals surface area (Å²) in [6.07, 6.45) is 2.23. The zero-order valence-corrected chi connectivity index (χ0v) is 9.47. The van der Waals surface area contributed by atoms with Gasteiger partial charge in [-0.25, -0.2) is 0 Å². The first-order chi connectivity index (χ1) is 8.15. The van der Waals surface area contributed by atoms with E-state index in [9.17, 15) is 15.0 Å². The molecular formula is C13H15NO3. The van der Waals surface area contributed by atoms with E-state index in [0.29, 0.717) is 25.7 Å². The molecule has 1 saturated carbocycles. The second-order valence-electron chi connectivity index (χ2n) is 4.86. The molecule has 1 aliphatic carbocycles. The highest BCUT2D eigenvalue weighted by Gasteiger charge is 2.38. The molecule has 0 radical (unpaired) electrons. The molecular weight excluding hydrogens is 218 g/mol. The van der Waals surface area contributed by atoms with Gasteiger partial charge in [0, 0.05) is 18.2 Å². The Balaban J connectivity index is 1.96. The molecule has 1 aromatic carbocycles. The summed E-state index contributed by atoms with van der Waals surface area (Å²) in [7, 11) is 0. The number of fused-ring (bicyclic) bond motifs is 1. The first kappa shape index (κ1) is 10.6. The number of hydrogen-bond donors (Lipinski definition) is 2. The zero-order valence-electron chi connectivity index (χ0n) is 9.47. The molecule has 0 bridgehead atoms. The molecule has 1 amide bonds. The Bertz CT molecular complexity index is 466. The minimum Gasteiger partial charge on any atom is -0.508 e. The number of carbonyl (C=O) groups is 1. The van der Waals surface area contributed by atoms with Gasteiger partial charge in [0.25, 0.3) is 0 Å². The second-order valence-corrected chi connectivity index (χ2v) is 4.86. The third-order valence-electron chi connectivity index (χ3n) is 3.65. The van der Waals surface area contributed by atoms with Gasteiger partial charge < -0.3 is 15.1 Å². The SMILES string of the molecule is O=C1CCc2cc(O)ccc2N1C1CC(O)C1. The van der Waals surface area contributed by atoms with Gasteiger partial charge in [0.15, 0.2) is 0 Å². The maximum absolute atomic E-state index is 12.0. The fraction of sp³-hybridized carbons (Fsp3) is 0.462. The van der Waals surface area contributed by atoms with Gasteiger partial charge in [-0.15, -0.1) is 0 Å². The van der Waals surface area contributed by atoms with Crippen molar-refractivity contribution in [2.75, 3.05) is 4.90 Å². The number of aliphatic hydroxyl groups is 1. The van der Waals surface area contributed by atoms with E-state index < -0.39 is 0 Å². The molecule has 1 fully saturated rings. The number of benzene rings is 1. The van der Waals surface area contributed by atoms with E-state index >= 15 is 0 Å². The molecule has 2 aliphatic rings. The average molecular weight is 233 g/mol. The maximum atomic E-state index is 12.0. The van der Waals surface area contributed by atoms with E-state index in [1.807, 2.05) is 0 Å². The lowest BCUT2D eigenvalue weighted by Gasteiger charge is -2.43. The van der Waals surface area contributed by atoms with Crippen molar-refractivity contribution in [1.29, 1.82) is 0 Å². The Kier molecular flexibility index (Phi) is 2.33. The summed E-state index contributed by atoms with van der Waals surface area (Å²) >= 11 is 0. The first-order valence-corrected chi connectivity index (χ1v) is 5.97. The van der Waals surface area contributed by atoms with Crippen LogP contribution in [0.1, 0.15) is 24.8 Å². The first-order valence-electron chi connectivity index (χ1n) is 5.97. The Hall–Kier alpha value is -1.55. The summed E-state index contributed by atoms with van der Waals surface area (Å²) < 4.78 is 0. The lowest BCUT2D eigenvalue weighted by Crippen LogP contribution is -2.51. The molecule has 1 aromatic rings. The van der Waals surface area contributed by atoms with Crippen LogP contribution in [0, 0.1) is 0 Å². The van der Waals surface area contributed by atoms with Crippen LogP contribution in [0.4, 0.5) is 5.69 Å². The van der Waals surface area contributed by atoms with Crippen LogP contribution in [0.15, 0.2) is 18.2 Å². The molecule has 0 atom stereocenters. The van der Waals surface area contributed by atoms with Crippen LogP contribution in [-0.2, 0) is 11.2 Å². The van der Waals surface area contributed by atoms with Crippen molar-refractivity contribution < 1.29 is 15.0 Å². The fourth-order valence-electron chi connectivity index (χ4n) is 2.67. The van der Waals surface area contributed by atoms with Crippen molar-refractivity contribution in [3.63, 3.8) is 0 Å². The van der Waals surface area contributed by atoms with Gasteiger partial charge in [0.2, 0.25) is 5.91 Å². The molecule has 0 saturated heterocycles. The standard InChI is InChI=1S/C13H15NO3/c15-10-2-3-12-8(5-10)1-4-13(17)14(12)9-6-11(16)7-9/h2-3,5,9,11,15-16H,1,4,6-7H2. The molecule has 90 valence electrons. The predicted molar refractivity (Wildman–Crippen MR) is 62.9 cm³/mol. The number of carbonyl (C=O) groups excluding carboxylic acids is 1. The quantitative estimate of drug-likeness (QED) is 0.766. The topological polar surface area (TPSA) is 60.8 Å². The molecule has 4 heteroatoms. The number of amides is 1. The summed E-state index contributed by atoms with van der Waals surface area (Å²) in [6, 6.07) is 5.26. The van der Waals surface area contributed by atoms with Crippen molar-refractivity contribution >= 4 is 11.6 Å². The lowest BCUT2D eigenvalue weighted by atomic mass is 9.85. The number of aryl methyl sites for hydroxylation is 1. The third kappa shape index (κ3) is 1.69. The number of phenolic OH excluding ortho intramolecular Hbond substituents is 1. The van der Waals surface area contributed by atoms with E-state index in [0.717, 1.165) is 11.3 Å². The smallest absolute Gasteiger partial charge is 0.227 e. The van der Waals surface area contributed by atoms with Crippen LogP contribution < -0.4 is 4.90 Å². The third-order valence-corrected chi connectivity index (χ3v) is 3.65. The molecule has 4 nitrogen and oxygen atoms in total. The van der Waals surface area contributed by atoms with Gasteiger partial charge >= 0.3 is 0 Å². The fourth-order valence-corrected chi connectivity index (χ4v) is 2.67. The summed E-state index contributed by atoms with van der Waals surface area (Å²) in [5.74, 6) is 0.367. The van der Waals surface area contributed by atoms with Crippen molar-refractivity contribution in [3.05, 3.63) is 23.8 Å². The van der Waals surface area contributed by atoms with E-state index in [2.05, 4.69) is 0 Å². The van der Waals surface area contributed by atoms with E-state index in [1.165, 1.54) is 0 Å². The van der Waals surface area contributed by atoms with Gasteiger partial charge in [-0.1, -0.05) is 0 Å². The lowest BCUT2D eigenvalue weighted by molar-refractivity contribution is -0.120. The molecule has 0 spiro atoms. The highest BCUT2D eigenvalue weighted by Crippen LogP contribution is 2.37. The number of phenols is 1. The van der Waals surface area contributed by atoms with Gasteiger partial charge in [-0.3, -0.25) is 4.79 Å². The highest BCUT2D eigenvalue weighted by molar-refractivity contribution is 5.97. The molecule has 1 aliphatic heterocycles. The molecule has 2 N–H and O–H groups in total. The summed E-state index contributed by atoms with van der Waals surface area (Å²) in [4.78, 5) is 13.8. The summed E-state index contributed by atoms with van der Waals surface area (Å²) in [5, 5.41) is 18.8. The number of aliphatic hydroxyl groups excluding tert-OH is 1. The summed E-state index contributed by atoms with van der Waals surface area (Å²) in [5.41, 5.74) is 1.92. The van der Waals surface area contributed by atoms with E-state index in [1.54, 1.807) is 23.1 Å². The normalized spacial score (nSPS) is 27.6. The Labute approximate surface area is 99.5 Å². The van der Waals surface area contributed by atoms with Crippen molar-refractivity contribution in [1.82, 2.24) is 0 Å². The number of anilines is 1. The monoisotopic (exact) mass is 233 g/mol. The molecule has 17 heavy (non-hydrogen) atoms. The highest BCUT2D eigenvalue weighted by atomic mass is 16.3. The number of rotatable bonds is 1. The summed E-state index contributed by atoms with van der Waals surface area (Å²) in [6.45, 7) is 0. The zero-order chi connectivity index (χ0) is 12.0. The molecule has 3 rings (SSSR count). The number of aromatic hydroxyl groups is 1. The Morgan fingerprint density at radius 2 is 2.00 bits per heavy atom. The minimum atomic E-state index is -0.268. The number of nitrogens with zero attached hydrogens (tertiary/aromatic N) is 1. The molecule has 0 unspecified atom stereocenters. The minimum absolute atomic E-state index is 0.125. The van der Waals surface area contributed by atoms with Crippen molar-refractivity contribution in [2.45, 2.75) is 37.8 Å². The largest absolute Gasteiger partial charge is 0.508 e. The Morgan fingerprint density at radius 1 is 1.24 bits per heavy atom. The van der Waals surface area contributed by atoms with Crippen LogP contribution in [-0.4, -0.2) is 28.3 Å². The van der Waals surface area contributed by atoms with Crippen molar-refractivity contribution in [2.24, 2.45) is 0 Å². The molecule has 0 aromatic heterocycles. The predicted octanol–water partition coefficient (Wildman–Crippen LogP) is 1.19. The van der Waals surface area contributed by atoms with Crippen LogP contribution in [0.2, 0.25) is 0 Å². The van der Waals surface area contributed by atoms with Gasteiger partial charge in [0.05, 0.1) is 6.10 Å². The molecule has 1 heterocycles. The van der Waals surface area contributed by atoms with E-state index in [4.69, 9.17) is 0 Å². The number of hydrogen-bond acceptors (Lipinski definition) is 3. The van der Waals surface area contributed by atoms with Crippen LogP contribution in [0.3, 0.4) is 0 Å². The maximum Gasteiger partial charge on any atom is 0.227 e. The van der Waals surface area contributed by atoms with Crippen LogP contribution in [0.25, 0.3) is 0 Å². The van der Waals surface area contributed by atoms with Crippen molar-refractivity contribution in [3.8, 4) is 5.75 Å². The van der Waals surface area contributed by atoms with Gasteiger partial charge in [-0.2, -0.15) is 0 Å². The van der Waals surface area contributed by atoms with Gasteiger partial charge in [0.1, 0.15) is 5.75 Å². The Morgan fingerprint density at radius 3 is 2.71 bits per heavy atom. The van der Waals surface area contributed by atoms with E-state index in [-0.39, 0.29) is 23.8 Å².